The molecular weight excluding hydrogens is 316 g/mol. The maximum absolute atomic E-state index is 13.2. The third-order valence-electron chi connectivity index (χ3n) is 2.59. The summed E-state index contributed by atoms with van der Waals surface area (Å²) >= 11 is 17.5. The van der Waals surface area contributed by atoms with Gasteiger partial charge in [0.2, 0.25) is 0 Å². The fourth-order valence-corrected chi connectivity index (χ4v) is 2.40. The van der Waals surface area contributed by atoms with Crippen LogP contribution < -0.4 is 0 Å². The number of aliphatic hydroxyl groups is 1. The molecule has 1 unspecified atom stereocenters. The third-order valence-corrected chi connectivity index (χ3v) is 3.48. The average Bonchev–Trinajstić information content (AvgIpc) is 2.33. The van der Waals surface area contributed by atoms with Crippen LogP contribution in [-0.2, 0) is 0 Å². The lowest BCUT2D eigenvalue weighted by Crippen LogP contribution is -2.03. The fraction of sp³-hybridized carbons (Fsp3) is 0.0769. The van der Waals surface area contributed by atoms with E-state index in [4.69, 9.17) is 34.8 Å². The SMILES string of the molecule is OC(c1ccc(Cl)cc1Cl)c1cc(F)c(F)cc1Cl. The van der Waals surface area contributed by atoms with Crippen molar-refractivity contribution in [2.24, 2.45) is 0 Å². The first-order valence-electron chi connectivity index (χ1n) is 5.17. The third kappa shape index (κ3) is 3.00. The molecule has 1 N–H and O–H groups in total. The number of hydrogen-bond acceptors (Lipinski definition) is 1. The van der Waals surface area contributed by atoms with Gasteiger partial charge in [0, 0.05) is 26.2 Å². The van der Waals surface area contributed by atoms with Gasteiger partial charge in [-0.25, -0.2) is 8.78 Å². The predicted octanol–water partition coefficient (Wildman–Crippen LogP) is 5.01. The van der Waals surface area contributed by atoms with Gasteiger partial charge < -0.3 is 5.11 Å². The van der Waals surface area contributed by atoms with Gasteiger partial charge in [0.25, 0.3) is 0 Å². The van der Waals surface area contributed by atoms with Gasteiger partial charge >= 0.3 is 0 Å². The topological polar surface area (TPSA) is 20.2 Å². The Morgan fingerprint density at radius 2 is 1.42 bits per heavy atom. The van der Waals surface area contributed by atoms with Crippen LogP contribution in [-0.4, -0.2) is 5.11 Å². The maximum atomic E-state index is 13.2. The minimum atomic E-state index is -1.27. The van der Waals surface area contributed by atoms with Gasteiger partial charge in [0.1, 0.15) is 6.10 Å². The molecular formula is C13H7Cl3F2O. The van der Waals surface area contributed by atoms with E-state index in [1.165, 1.54) is 18.2 Å². The van der Waals surface area contributed by atoms with Crippen molar-refractivity contribution in [1.82, 2.24) is 0 Å². The summed E-state index contributed by atoms with van der Waals surface area (Å²) in [6.07, 6.45) is -1.27. The maximum Gasteiger partial charge on any atom is 0.160 e. The molecule has 0 spiro atoms. The molecule has 2 rings (SSSR count). The minimum absolute atomic E-state index is 0.0322. The van der Waals surface area contributed by atoms with Crippen molar-refractivity contribution in [3.05, 3.63) is 68.2 Å². The molecule has 6 heteroatoms. The van der Waals surface area contributed by atoms with Crippen molar-refractivity contribution in [2.45, 2.75) is 6.10 Å². The van der Waals surface area contributed by atoms with Gasteiger partial charge in [-0.05, 0) is 24.3 Å². The Morgan fingerprint density at radius 3 is 2.05 bits per heavy atom. The molecule has 19 heavy (non-hydrogen) atoms. The molecule has 0 saturated carbocycles. The van der Waals surface area contributed by atoms with E-state index in [9.17, 15) is 13.9 Å². The van der Waals surface area contributed by atoms with Gasteiger partial charge in [-0.3, -0.25) is 0 Å². The molecule has 100 valence electrons. The highest BCUT2D eigenvalue weighted by Gasteiger charge is 2.19. The Hall–Kier alpha value is -0.870. The van der Waals surface area contributed by atoms with Crippen molar-refractivity contribution in [1.29, 1.82) is 0 Å². The lowest BCUT2D eigenvalue weighted by atomic mass is 10.0. The van der Waals surface area contributed by atoms with E-state index < -0.39 is 17.7 Å². The highest BCUT2D eigenvalue weighted by Crippen LogP contribution is 2.34. The summed E-state index contributed by atoms with van der Waals surface area (Å²) < 4.78 is 26.2. The molecule has 0 aliphatic carbocycles. The molecule has 0 bridgehead atoms. The lowest BCUT2D eigenvalue weighted by molar-refractivity contribution is 0.219. The highest BCUT2D eigenvalue weighted by molar-refractivity contribution is 6.35. The molecule has 1 atom stereocenters. The number of benzene rings is 2. The quantitative estimate of drug-likeness (QED) is 0.771. The van der Waals surface area contributed by atoms with Crippen LogP contribution in [0.5, 0.6) is 0 Å². The Kier molecular flexibility index (Phi) is 4.31. The molecule has 0 fully saturated rings. The standard InChI is InChI=1S/C13H7Cl3F2O/c14-6-1-2-7(9(15)3-6)13(19)8-4-11(17)12(18)5-10(8)16/h1-5,13,19H. The van der Waals surface area contributed by atoms with Crippen LogP contribution in [0.25, 0.3) is 0 Å². The van der Waals surface area contributed by atoms with Gasteiger partial charge in [-0.1, -0.05) is 40.9 Å². The van der Waals surface area contributed by atoms with Crippen molar-refractivity contribution < 1.29 is 13.9 Å². The Morgan fingerprint density at radius 1 is 0.842 bits per heavy atom. The molecule has 0 amide bonds. The van der Waals surface area contributed by atoms with Gasteiger partial charge in [0.15, 0.2) is 11.6 Å². The zero-order valence-electron chi connectivity index (χ0n) is 9.30. The van der Waals surface area contributed by atoms with E-state index in [0.29, 0.717) is 10.6 Å². The second kappa shape index (κ2) is 5.63. The summed E-state index contributed by atoms with van der Waals surface area (Å²) in [5.74, 6) is -2.17. The van der Waals surface area contributed by atoms with Crippen molar-refractivity contribution in [3.63, 3.8) is 0 Å². The Labute approximate surface area is 123 Å². The first-order valence-corrected chi connectivity index (χ1v) is 6.31. The number of halogens is 5. The van der Waals surface area contributed by atoms with E-state index in [-0.39, 0.29) is 15.6 Å². The van der Waals surface area contributed by atoms with Crippen LogP contribution in [0.3, 0.4) is 0 Å². The van der Waals surface area contributed by atoms with Crippen molar-refractivity contribution in [3.8, 4) is 0 Å². The normalized spacial score (nSPS) is 12.5. The number of hydrogen-bond donors (Lipinski definition) is 1. The van der Waals surface area contributed by atoms with Crippen LogP contribution in [0.4, 0.5) is 8.78 Å². The Balaban J connectivity index is 2.49. The van der Waals surface area contributed by atoms with Crippen molar-refractivity contribution >= 4 is 34.8 Å². The van der Waals surface area contributed by atoms with E-state index in [2.05, 4.69) is 0 Å². The van der Waals surface area contributed by atoms with Crippen LogP contribution in [0.2, 0.25) is 15.1 Å². The van der Waals surface area contributed by atoms with Gasteiger partial charge in [0.05, 0.1) is 0 Å². The minimum Gasteiger partial charge on any atom is -0.384 e. The van der Waals surface area contributed by atoms with Crippen LogP contribution >= 0.6 is 34.8 Å². The summed E-state index contributed by atoms with van der Waals surface area (Å²) in [6, 6.07) is 6.11. The van der Waals surface area contributed by atoms with E-state index >= 15 is 0 Å². The average molecular weight is 324 g/mol. The summed E-state index contributed by atoms with van der Waals surface area (Å²) in [5.41, 5.74) is 0.337. The number of aliphatic hydroxyl groups excluding tert-OH is 1. The molecule has 1 nitrogen and oxygen atoms in total. The van der Waals surface area contributed by atoms with Gasteiger partial charge in [-0.2, -0.15) is 0 Å². The summed E-state index contributed by atoms with van der Waals surface area (Å²) in [7, 11) is 0. The van der Waals surface area contributed by atoms with Crippen LogP contribution in [0, 0.1) is 11.6 Å². The van der Waals surface area contributed by atoms with Crippen LogP contribution in [0.1, 0.15) is 17.2 Å². The molecule has 0 radical (unpaired) electrons. The van der Waals surface area contributed by atoms with Crippen LogP contribution in [0.15, 0.2) is 30.3 Å². The molecule has 0 aliphatic heterocycles. The number of rotatable bonds is 2. The second-order valence-electron chi connectivity index (χ2n) is 3.86. The Bertz CT molecular complexity index is 632. The first-order chi connectivity index (χ1) is 8.90. The van der Waals surface area contributed by atoms with Gasteiger partial charge in [-0.15, -0.1) is 0 Å². The zero-order valence-corrected chi connectivity index (χ0v) is 11.6. The van der Waals surface area contributed by atoms with E-state index in [1.54, 1.807) is 0 Å². The van der Waals surface area contributed by atoms with Crippen molar-refractivity contribution in [2.75, 3.05) is 0 Å². The zero-order chi connectivity index (χ0) is 14.2. The molecule has 0 aliphatic rings. The summed E-state index contributed by atoms with van der Waals surface area (Å²) in [5, 5.41) is 10.7. The second-order valence-corrected chi connectivity index (χ2v) is 5.11. The summed E-state index contributed by atoms with van der Waals surface area (Å²) in [6.45, 7) is 0. The predicted molar refractivity (Wildman–Crippen MR) is 71.9 cm³/mol. The molecule has 0 heterocycles. The smallest absolute Gasteiger partial charge is 0.160 e. The molecule has 2 aromatic rings. The lowest BCUT2D eigenvalue weighted by Gasteiger charge is -2.15. The molecule has 2 aromatic carbocycles. The fourth-order valence-electron chi connectivity index (χ4n) is 1.64. The monoisotopic (exact) mass is 322 g/mol. The largest absolute Gasteiger partial charge is 0.384 e. The van der Waals surface area contributed by atoms with E-state index in [1.807, 2.05) is 0 Å². The summed E-state index contributed by atoms with van der Waals surface area (Å²) in [4.78, 5) is 0. The first kappa shape index (κ1) is 14.5. The highest BCUT2D eigenvalue weighted by atomic mass is 35.5. The molecule has 0 saturated heterocycles. The van der Waals surface area contributed by atoms with E-state index in [0.717, 1.165) is 12.1 Å². The molecule has 0 aromatic heterocycles.